The summed E-state index contributed by atoms with van der Waals surface area (Å²) < 4.78 is 41.8. The number of hydrogen-bond acceptors (Lipinski definition) is 3. The number of halogens is 3. The van der Waals surface area contributed by atoms with E-state index in [9.17, 15) is 27.6 Å². The van der Waals surface area contributed by atoms with Crippen LogP contribution in [0.4, 0.5) is 18.9 Å². The maximum atomic E-state index is 13.0. The molecule has 1 N–H and O–H groups in total. The summed E-state index contributed by atoms with van der Waals surface area (Å²) in [6, 6.07) is 9.09. The second-order valence-electron chi connectivity index (χ2n) is 6.84. The van der Waals surface area contributed by atoms with Gasteiger partial charge in [0.2, 0.25) is 0 Å². The van der Waals surface area contributed by atoms with Crippen molar-refractivity contribution in [2.45, 2.75) is 6.18 Å². The summed E-state index contributed by atoms with van der Waals surface area (Å²) in [5, 5.41) is 0.778. The predicted octanol–water partition coefficient (Wildman–Crippen LogP) is 2.36. The van der Waals surface area contributed by atoms with Crippen molar-refractivity contribution >= 4 is 34.6 Å². The Morgan fingerprint density at radius 1 is 0.933 bits per heavy atom. The standard InChI is InChI=1S/C20H15F3N4O3/c1-25-15-7-6-11(9-16(15)26(2)19(25)30)8-14-17(28)24-27(18(14)29)13-5-3-4-12(10-13)20(21,22)23/h3-10H,1-2H3,(H,24,28)/b14-8-. The quantitative estimate of drug-likeness (QED) is 0.515. The number of hydrogen-bond donors (Lipinski definition) is 1. The van der Waals surface area contributed by atoms with Crippen molar-refractivity contribution in [1.82, 2.24) is 14.6 Å². The first-order chi connectivity index (χ1) is 14.1. The van der Waals surface area contributed by atoms with E-state index < -0.39 is 23.6 Å². The average Bonchev–Trinajstić information content (AvgIpc) is 3.10. The van der Waals surface area contributed by atoms with Crippen molar-refractivity contribution in [1.29, 1.82) is 0 Å². The van der Waals surface area contributed by atoms with Gasteiger partial charge in [0.15, 0.2) is 0 Å². The molecule has 10 heteroatoms. The SMILES string of the molecule is Cn1c(=O)n(C)c2cc(/C=C3/C(=O)NN(c4cccc(C(F)(F)F)c4)C3=O)ccc21. The van der Waals surface area contributed by atoms with Crippen molar-refractivity contribution in [2.75, 3.05) is 5.01 Å². The van der Waals surface area contributed by atoms with Gasteiger partial charge in [0.25, 0.3) is 11.8 Å². The third-order valence-corrected chi connectivity index (χ3v) is 4.93. The lowest BCUT2D eigenvalue weighted by Crippen LogP contribution is -2.35. The van der Waals surface area contributed by atoms with Crippen LogP contribution in [0.1, 0.15) is 11.1 Å². The Kier molecular flexibility index (Phi) is 4.30. The lowest BCUT2D eigenvalue weighted by atomic mass is 10.1. The summed E-state index contributed by atoms with van der Waals surface area (Å²) in [5.74, 6) is -1.51. The second-order valence-corrected chi connectivity index (χ2v) is 6.84. The van der Waals surface area contributed by atoms with Crippen LogP contribution in [0.2, 0.25) is 0 Å². The minimum atomic E-state index is -4.58. The number of amides is 2. The minimum Gasteiger partial charge on any atom is -0.295 e. The van der Waals surface area contributed by atoms with E-state index in [1.165, 1.54) is 21.3 Å². The predicted molar refractivity (Wildman–Crippen MR) is 103 cm³/mol. The van der Waals surface area contributed by atoms with Gasteiger partial charge in [-0.15, -0.1) is 0 Å². The third-order valence-electron chi connectivity index (χ3n) is 4.93. The molecule has 0 saturated carbocycles. The monoisotopic (exact) mass is 416 g/mol. The summed E-state index contributed by atoms with van der Waals surface area (Å²) in [7, 11) is 3.23. The Labute approximate surface area is 167 Å². The second kappa shape index (κ2) is 6.61. The molecule has 3 aromatic rings. The molecule has 154 valence electrons. The van der Waals surface area contributed by atoms with Crippen LogP contribution in [-0.4, -0.2) is 20.9 Å². The van der Waals surface area contributed by atoms with Gasteiger partial charge in [-0.3, -0.25) is 24.1 Å². The molecule has 1 aromatic heterocycles. The Morgan fingerprint density at radius 2 is 1.63 bits per heavy atom. The van der Waals surface area contributed by atoms with Crippen molar-refractivity contribution < 1.29 is 22.8 Å². The third kappa shape index (κ3) is 3.06. The van der Waals surface area contributed by atoms with Crippen LogP contribution in [0.3, 0.4) is 0 Å². The molecule has 2 aromatic carbocycles. The zero-order valence-electron chi connectivity index (χ0n) is 15.8. The number of aryl methyl sites for hydroxylation is 2. The molecule has 4 rings (SSSR count). The molecule has 0 atom stereocenters. The largest absolute Gasteiger partial charge is 0.416 e. The molecule has 1 fully saturated rings. The van der Waals surface area contributed by atoms with Crippen molar-refractivity contribution in [3.05, 3.63) is 69.6 Å². The first-order valence-electron chi connectivity index (χ1n) is 8.78. The van der Waals surface area contributed by atoms with Gasteiger partial charge >= 0.3 is 11.9 Å². The van der Waals surface area contributed by atoms with Gasteiger partial charge in [0, 0.05) is 14.1 Å². The first kappa shape index (κ1) is 19.5. The fourth-order valence-electron chi connectivity index (χ4n) is 3.34. The highest BCUT2D eigenvalue weighted by Crippen LogP contribution is 2.32. The van der Waals surface area contributed by atoms with E-state index in [4.69, 9.17) is 0 Å². The molecule has 0 radical (unpaired) electrons. The molecule has 1 aliphatic heterocycles. The van der Waals surface area contributed by atoms with Gasteiger partial charge in [0.1, 0.15) is 5.57 Å². The molecule has 2 amide bonds. The van der Waals surface area contributed by atoms with E-state index in [0.29, 0.717) is 16.6 Å². The molecular weight excluding hydrogens is 401 g/mol. The topological polar surface area (TPSA) is 76.3 Å². The molecule has 30 heavy (non-hydrogen) atoms. The van der Waals surface area contributed by atoms with Crippen LogP contribution in [0.25, 0.3) is 17.1 Å². The lowest BCUT2D eigenvalue weighted by Gasteiger charge is -2.16. The van der Waals surface area contributed by atoms with Crippen molar-refractivity contribution in [3.63, 3.8) is 0 Å². The van der Waals surface area contributed by atoms with Crippen LogP contribution >= 0.6 is 0 Å². The molecule has 0 bridgehead atoms. The number of carbonyl (C=O) groups excluding carboxylic acids is 2. The highest BCUT2D eigenvalue weighted by atomic mass is 19.4. The normalized spacial score (nSPS) is 16.0. The molecule has 7 nitrogen and oxygen atoms in total. The van der Waals surface area contributed by atoms with Gasteiger partial charge in [-0.1, -0.05) is 12.1 Å². The van der Waals surface area contributed by atoms with Crippen LogP contribution in [-0.2, 0) is 29.9 Å². The first-order valence-corrected chi connectivity index (χ1v) is 8.78. The summed E-state index contributed by atoms with van der Waals surface area (Å²) >= 11 is 0. The van der Waals surface area contributed by atoms with Crippen LogP contribution in [0, 0.1) is 0 Å². The van der Waals surface area contributed by atoms with Gasteiger partial charge in [0.05, 0.1) is 22.3 Å². The van der Waals surface area contributed by atoms with Crippen LogP contribution in [0.15, 0.2) is 52.8 Å². The smallest absolute Gasteiger partial charge is 0.295 e. The van der Waals surface area contributed by atoms with E-state index in [0.717, 1.165) is 23.2 Å². The summed E-state index contributed by atoms with van der Waals surface area (Å²) in [6.07, 6.45) is -3.25. The fourth-order valence-corrected chi connectivity index (χ4v) is 3.34. The molecule has 0 unspecified atom stereocenters. The Bertz CT molecular complexity index is 1300. The summed E-state index contributed by atoms with van der Waals surface area (Å²) in [4.78, 5) is 37.1. The number of rotatable bonds is 2. The number of anilines is 1. The number of nitrogens with one attached hydrogen (secondary N) is 1. The number of carbonyl (C=O) groups is 2. The summed E-state index contributed by atoms with van der Waals surface area (Å²) in [6.45, 7) is 0. The number of imidazole rings is 1. The van der Waals surface area contributed by atoms with Crippen molar-refractivity contribution in [2.24, 2.45) is 14.1 Å². The number of nitrogens with zero attached hydrogens (tertiary/aromatic N) is 3. The molecule has 1 saturated heterocycles. The van der Waals surface area contributed by atoms with Crippen molar-refractivity contribution in [3.8, 4) is 0 Å². The van der Waals surface area contributed by atoms with Gasteiger partial charge in [-0.2, -0.15) is 13.2 Å². The average molecular weight is 416 g/mol. The van der Waals surface area contributed by atoms with E-state index in [1.807, 2.05) is 0 Å². The maximum absolute atomic E-state index is 13.0. The van der Waals surface area contributed by atoms with E-state index in [2.05, 4.69) is 5.43 Å². The number of fused-ring (bicyclic) bond motifs is 1. The zero-order valence-corrected chi connectivity index (χ0v) is 15.8. The molecular formula is C20H15F3N4O3. The zero-order chi connectivity index (χ0) is 21.8. The minimum absolute atomic E-state index is 0.104. The fraction of sp³-hybridized carbons (Fsp3) is 0.150. The Hall–Kier alpha value is -3.82. The highest BCUT2D eigenvalue weighted by Gasteiger charge is 2.36. The summed E-state index contributed by atoms with van der Waals surface area (Å²) in [5.41, 5.74) is 2.57. The molecule has 2 heterocycles. The number of benzene rings is 2. The number of aromatic nitrogens is 2. The van der Waals surface area contributed by atoms with E-state index in [-0.39, 0.29) is 17.0 Å². The van der Waals surface area contributed by atoms with Gasteiger partial charge in [-0.05, 0) is 42.0 Å². The Balaban J connectivity index is 1.71. The molecule has 1 aliphatic rings. The molecule has 0 aliphatic carbocycles. The van der Waals surface area contributed by atoms with E-state index >= 15 is 0 Å². The van der Waals surface area contributed by atoms with Gasteiger partial charge in [-0.25, -0.2) is 9.80 Å². The Morgan fingerprint density at radius 3 is 2.33 bits per heavy atom. The lowest BCUT2D eigenvalue weighted by molar-refractivity contribution is -0.137. The highest BCUT2D eigenvalue weighted by molar-refractivity contribution is 6.31. The maximum Gasteiger partial charge on any atom is 0.416 e. The van der Waals surface area contributed by atoms with Crippen LogP contribution in [0.5, 0.6) is 0 Å². The van der Waals surface area contributed by atoms with Crippen LogP contribution < -0.4 is 16.1 Å². The number of alkyl halides is 3. The molecule has 0 spiro atoms. The van der Waals surface area contributed by atoms with Gasteiger partial charge < -0.3 is 0 Å². The van der Waals surface area contributed by atoms with E-state index in [1.54, 1.807) is 32.3 Å². The number of hydrazine groups is 1.